The Kier molecular flexibility index (Phi) is 4.00. The summed E-state index contributed by atoms with van der Waals surface area (Å²) in [5, 5.41) is 3.00. The Hall–Kier alpha value is -0.820. The molecule has 0 fully saturated rings. The number of hydrazine groups is 1. The van der Waals surface area contributed by atoms with E-state index in [0.717, 1.165) is 21.6 Å². The maximum Gasteiger partial charge on any atom is 0.0944 e. The van der Waals surface area contributed by atoms with Crippen LogP contribution in [0.15, 0.2) is 34.4 Å². The van der Waals surface area contributed by atoms with Crippen molar-refractivity contribution in [2.75, 3.05) is 0 Å². The second-order valence-corrected chi connectivity index (χ2v) is 5.05. The quantitative estimate of drug-likeness (QED) is 0.670. The summed E-state index contributed by atoms with van der Waals surface area (Å²) in [6.45, 7) is 0. The third-order valence-corrected chi connectivity index (χ3v) is 3.65. The Labute approximate surface area is 106 Å². The van der Waals surface area contributed by atoms with E-state index in [4.69, 9.17) is 5.84 Å². The smallest absolute Gasteiger partial charge is 0.0944 e. The Morgan fingerprint density at radius 1 is 1.44 bits per heavy atom. The average Bonchev–Trinajstić information content (AvgIpc) is 2.80. The summed E-state index contributed by atoms with van der Waals surface area (Å²) in [4.78, 5) is 8.56. The number of nitrogens with two attached hydrogens (primary N) is 1. The van der Waals surface area contributed by atoms with Gasteiger partial charge in [0.1, 0.15) is 0 Å². The van der Waals surface area contributed by atoms with Crippen LogP contribution in [0.5, 0.6) is 0 Å². The van der Waals surface area contributed by atoms with E-state index in [1.54, 1.807) is 23.7 Å². The summed E-state index contributed by atoms with van der Waals surface area (Å²) < 4.78 is 0.953. The lowest BCUT2D eigenvalue weighted by atomic mass is 10.1. The first kappa shape index (κ1) is 11.7. The van der Waals surface area contributed by atoms with Crippen LogP contribution in [0, 0.1) is 0 Å². The van der Waals surface area contributed by atoms with Crippen LogP contribution in [0.4, 0.5) is 0 Å². The number of nitrogens with one attached hydrogen (secondary N) is 1. The van der Waals surface area contributed by atoms with Crippen molar-refractivity contribution in [3.05, 3.63) is 45.1 Å². The number of aromatic nitrogens is 2. The van der Waals surface area contributed by atoms with Crippen molar-refractivity contribution in [2.24, 2.45) is 5.84 Å². The highest BCUT2D eigenvalue weighted by Gasteiger charge is 2.15. The number of pyridine rings is 1. The van der Waals surface area contributed by atoms with Gasteiger partial charge in [-0.1, -0.05) is 0 Å². The van der Waals surface area contributed by atoms with Gasteiger partial charge in [-0.15, -0.1) is 11.3 Å². The Bertz CT molecular complexity index is 446. The molecule has 0 saturated carbocycles. The van der Waals surface area contributed by atoms with Crippen LogP contribution in [0.2, 0.25) is 0 Å². The first-order chi connectivity index (χ1) is 7.81. The minimum atomic E-state index is -0.0262. The highest BCUT2D eigenvalue weighted by molar-refractivity contribution is 9.10. The van der Waals surface area contributed by atoms with Gasteiger partial charge in [0.05, 0.1) is 16.7 Å². The van der Waals surface area contributed by atoms with Crippen LogP contribution in [0.25, 0.3) is 0 Å². The molecule has 0 spiro atoms. The molecule has 2 heterocycles. The molecular formula is C10H11BrN4S. The van der Waals surface area contributed by atoms with E-state index in [9.17, 15) is 0 Å². The molecule has 2 aromatic rings. The van der Waals surface area contributed by atoms with E-state index >= 15 is 0 Å². The van der Waals surface area contributed by atoms with Gasteiger partial charge >= 0.3 is 0 Å². The van der Waals surface area contributed by atoms with Crippen molar-refractivity contribution in [1.29, 1.82) is 0 Å². The fourth-order valence-electron chi connectivity index (χ4n) is 1.42. The van der Waals surface area contributed by atoms with Crippen LogP contribution < -0.4 is 11.3 Å². The first-order valence-electron chi connectivity index (χ1n) is 4.76. The van der Waals surface area contributed by atoms with Crippen molar-refractivity contribution < 1.29 is 0 Å². The van der Waals surface area contributed by atoms with Crippen molar-refractivity contribution in [2.45, 2.75) is 12.5 Å². The van der Waals surface area contributed by atoms with E-state index in [0.29, 0.717) is 0 Å². The van der Waals surface area contributed by atoms with Gasteiger partial charge in [-0.05, 0) is 28.1 Å². The highest BCUT2D eigenvalue weighted by Crippen LogP contribution is 2.23. The lowest BCUT2D eigenvalue weighted by Gasteiger charge is -2.15. The molecule has 0 aliphatic rings. The number of thiazole rings is 1. The molecule has 6 heteroatoms. The average molecular weight is 299 g/mol. The van der Waals surface area contributed by atoms with Crippen LogP contribution >= 0.6 is 27.3 Å². The van der Waals surface area contributed by atoms with Gasteiger partial charge in [0.25, 0.3) is 0 Å². The predicted octanol–water partition coefficient (Wildman–Crippen LogP) is 2.05. The lowest BCUT2D eigenvalue weighted by Crippen LogP contribution is -2.30. The molecule has 0 aliphatic carbocycles. The SMILES string of the molecule is NNC(Cc1nccs1)c1ncccc1Br. The Balaban J connectivity index is 2.20. The van der Waals surface area contributed by atoms with Crippen LogP contribution in [-0.2, 0) is 6.42 Å². The van der Waals surface area contributed by atoms with Gasteiger partial charge in [0.2, 0.25) is 0 Å². The lowest BCUT2D eigenvalue weighted by molar-refractivity contribution is 0.535. The second-order valence-electron chi connectivity index (χ2n) is 3.22. The molecule has 0 bridgehead atoms. The second kappa shape index (κ2) is 5.49. The highest BCUT2D eigenvalue weighted by atomic mass is 79.9. The zero-order chi connectivity index (χ0) is 11.4. The van der Waals surface area contributed by atoms with Crippen LogP contribution in [0.3, 0.4) is 0 Å². The topological polar surface area (TPSA) is 63.8 Å². The number of hydrogen-bond donors (Lipinski definition) is 2. The molecule has 2 rings (SSSR count). The molecule has 16 heavy (non-hydrogen) atoms. The minimum absolute atomic E-state index is 0.0262. The van der Waals surface area contributed by atoms with Gasteiger partial charge in [-0.2, -0.15) is 0 Å². The van der Waals surface area contributed by atoms with Crippen molar-refractivity contribution >= 4 is 27.3 Å². The van der Waals surface area contributed by atoms with Gasteiger partial charge in [0.15, 0.2) is 0 Å². The molecule has 0 aliphatic heterocycles. The normalized spacial score (nSPS) is 12.6. The van der Waals surface area contributed by atoms with Crippen molar-refractivity contribution in [1.82, 2.24) is 15.4 Å². The summed E-state index contributed by atoms with van der Waals surface area (Å²) in [6.07, 6.45) is 4.29. The van der Waals surface area contributed by atoms with Gasteiger partial charge < -0.3 is 0 Å². The molecule has 0 aromatic carbocycles. The van der Waals surface area contributed by atoms with Gasteiger partial charge in [-0.25, -0.2) is 4.98 Å². The van der Waals surface area contributed by atoms with Crippen molar-refractivity contribution in [3.63, 3.8) is 0 Å². The maximum absolute atomic E-state index is 5.56. The molecule has 0 amide bonds. The fourth-order valence-corrected chi connectivity index (χ4v) is 2.61. The summed E-state index contributed by atoms with van der Waals surface area (Å²) in [5.74, 6) is 5.56. The monoisotopic (exact) mass is 298 g/mol. The molecule has 1 atom stereocenters. The van der Waals surface area contributed by atoms with E-state index in [2.05, 4.69) is 31.3 Å². The molecule has 0 saturated heterocycles. The van der Waals surface area contributed by atoms with E-state index in [-0.39, 0.29) is 6.04 Å². The number of nitrogens with zero attached hydrogens (tertiary/aromatic N) is 2. The molecule has 84 valence electrons. The standard InChI is InChI=1S/C10H11BrN4S/c11-7-2-1-3-14-10(7)8(15-12)6-9-13-4-5-16-9/h1-5,8,15H,6,12H2. The van der Waals surface area contributed by atoms with Crippen LogP contribution in [-0.4, -0.2) is 9.97 Å². The van der Waals surface area contributed by atoms with Gasteiger partial charge in [0, 0.05) is 28.7 Å². The summed E-state index contributed by atoms with van der Waals surface area (Å²) in [5.41, 5.74) is 3.67. The van der Waals surface area contributed by atoms with E-state index in [1.807, 2.05) is 17.5 Å². The largest absolute Gasteiger partial charge is 0.271 e. The zero-order valence-electron chi connectivity index (χ0n) is 8.43. The Morgan fingerprint density at radius 2 is 2.31 bits per heavy atom. The fraction of sp³-hybridized carbons (Fsp3) is 0.200. The number of hydrogen-bond acceptors (Lipinski definition) is 5. The third-order valence-electron chi connectivity index (χ3n) is 2.18. The van der Waals surface area contributed by atoms with E-state index < -0.39 is 0 Å². The molecule has 0 radical (unpaired) electrons. The first-order valence-corrected chi connectivity index (χ1v) is 6.43. The maximum atomic E-state index is 5.56. The third kappa shape index (κ3) is 2.65. The molecule has 4 nitrogen and oxygen atoms in total. The minimum Gasteiger partial charge on any atom is -0.271 e. The van der Waals surface area contributed by atoms with Crippen molar-refractivity contribution in [3.8, 4) is 0 Å². The summed E-state index contributed by atoms with van der Waals surface area (Å²) >= 11 is 5.08. The summed E-state index contributed by atoms with van der Waals surface area (Å²) in [7, 11) is 0. The molecule has 2 aromatic heterocycles. The molecule has 3 N–H and O–H groups in total. The molecular weight excluding hydrogens is 288 g/mol. The van der Waals surface area contributed by atoms with Gasteiger partial charge in [-0.3, -0.25) is 16.3 Å². The molecule has 1 unspecified atom stereocenters. The number of halogens is 1. The summed E-state index contributed by atoms with van der Waals surface area (Å²) in [6, 6.07) is 3.81. The van der Waals surface area contributed by atoms with E-state index in [1.165, 1.54) is 0 Å². The zero-order valence-corrected chi connectivity index (χ0v) is 10.8. The predicted molar refractivity (Wildman–Crippen MR) is 67.8 cm³/mol. The Morgan fingerprint density at radius 3 is 2.94 bits per heavy atom. The number of rotatable bonds is 4. The van der Waals surface area contributed by atoms with Crippen LogP contribution in [0.1, 0.15) is 16.7 Å².